The third kappa shape index (κ3) is 12.0. The highest BCUT2D eigenvalue weighted by molar-refractivity contribution is 7.85. The Kier molecular flexibility index (Phi) is 15.0. The van der Waals surface area contributed by atoms with Crippen molar-refractivity contribution >= 4 is 74.4 Å². The summed E-state index contributed by atoms with van der Waals surface area (Å²) in [6.45, 7) is 8.57. The van der Waals surface area contributed by atoms with Crippen molar-refractivity contribution in [3.8, 4) is 0 Å². The van der Waals surface area contributed by atoms with Crippen LogP contribution in [0, 0.1) is 0 Å². The van der Waals surface area contributed by atoms with Gasteiger partial charge in [-0.05, 0) is 48.5 Å². The molecule has 18 heteroatoms. The molecule has 4 aliphatic rings. The maximum atomic E-state index is 12.0. The summed E-state index contributed by atoms with van der Waals surface area (Å²) in [5, 5.41) is 2.66. The largest absolute Gasteiger partial charge is 0.443 e. The summed E-state index contributed by atoms with van der Waals surface area (Å²) in [6.07, 6.45) is -1.30. The van der Waals surface area contributed by atoms with Crippen LogP contribution in [0.5, 0.6) is 0 Å². The van der Waals surface area contributed by atoms with Crippen LogP contribution in [0.4, 0.5) is 32.3 Å². The second kappa shape index (κ2) is 19.3. The van der Waals surface area contributed by atoms with Crippen molar-refractivity contribution in [1.29, 1.82) is 0 Å². The summed E-state index contributed by atoms with van der Waals surface area (Å²) in [6, 6.07) is 15.5. The van der Waals surface area contributed by atoms with Crippen LogP contribution in [0.3, 0.4) is 0 Å². The van der Waals surface area contributed by atoms with E-state index in [-0.39, 0.29) is 24.2 Å². The van der Waals surface area contributed by atoms with Gasteiger partial charge in [0, 0.05) is 121 Å². The zero-order valence-electron chi connectivity index (χ0n) is 29.5. The van der Waals surface area contributed by atoms with Gasteiger partial charge in [0.2, 0.25) is 5.91 Å². The smallest absolute Gasteiger partial charge is 0.414 e. The third-order valence-electron chi connectivity index (χ3n) is 8.29. The summed E-state index contributed by atoms with van der Waals surface area (Å²) in [7, 11) is -1.37. The molecule has 0 saturated carbocycles. The lowest BCUT2D eigenvalue weighted by molar-refractivity contribution is -0.156. The van der Waals surface area contributed by atoms with Crippen LogP contribution in [0.1, 0.15) is 20.8 Å². The van der Waals surface area contributed by atoms with Crippen LogP contribution >= 0.6 is 0 Å². The maximum Gasteiger partial charge on any atom is 0.414 e. The van der Waals surface area contributed by atoms with E-state index in [0.29, 0.717) is 37.7 Å². The molecule has 16 nitrogen and oxygen atoms in total. The van der Waals surface area contributed by atoms with Crippen molar-refractivity contribution < 1.29 is 46.6 Å². The molecule has 284 valence electrons. The number of cyclic esters (lactones) is 2. The molecule has 0 unspecified atom stereocenters. The van der Waals surface area contributed by atoms with E-state index in [0.717, 1.165) is 60.4 Å². The minimum Gasteiger partial charge on any atom is -0.443 e. The van der Waals surface area contributed by atoms with Crippen LogP contribution in [-0.4, -0.2) is 126 Å². The Morgan fingerprint density at radius 3 is 1.38 bits per heavy atom. The molecule has 0 bridgehead atoms. The second-order valence-electron chi connectivity index (χ2n) is 12.2. The van der Waals surface area contributed by atoms with Crippen LogP contribution in [0.2, 0.25) is 0 Å². The van der Waals surface area contributed by atoms with Gasteiger partial charge in [0.15, 0.2) is 0 Å². The first kappa shape index (κ1) is 40.2. The molecule has 2 aromatic carbocycles. The highest BCUT2D eigenvalue weighted by Gasteiger charge is 2.33. The average Bonchev–Trinajstić information content (AvgIpc) is 3.69. The van der Waals surface area contributed by atoms with Crippen molar-refractivity contribution in [3.05, 3.63) is 48.5 Å². The summed E-state index contributed by atoms with van der Waals surface area (Å²) < 4.78 is 37.2. The minimum atomic E-state index is -0.696. The predicted octanol–water partition coefficient (Wildman–Crippen LogP) is 1.35. The molecule has 3 amide bonds. The lowest BCUT2D eigenvalue weighted by Gasteiger charge is -2.28. The second-order valence-corrected chi connectivity index (χ2v) is 15.6. The van der Waals surface area contributed by atoms with Crippen molar-refractivity contribution in [2.24, 2.45) is 5.73 Å². The first-order chi connectivity index (χ1) is 24.8. The number of anilines is 4. The van der Waals surface area contributed by atoms with Crippen molar-refractivity contribution in [1.82, 2.24) is 5.32 Å². The molecule has 0 radical (unpaired) electrons. The normalized spacial score (nSPS) is 20.5. The number of amides is 3. The number of nitrogens with zero attached hydrogens (tertiary/aromatic N) is 4. The zero-order chi connectivity index (χ0) is 37.8. The van der Waals surface area contributed by atoms with Crippen LogP contribution in [-0.2, 0) is 50.2 Å². The number of rotatable bonds is 7. The number of hydrogen-bond donors (Lipinski definition) is 2. The van der Waals surface area contributed by atoms with E-state index in [4.69, 9.17) is 15.2 Å². The Bertz CT molecular complexity index is 1600. The van der Waals surface area contributed by atoms with E-state index in [1.807, 2.05) is 48.5 Å². The predicted molar refractivity (Wildman–Crippen MR) is 198 cm³/mol. The van der Waals surface area contributed by atoms with E-state index >= 15 is 0 Å². The minimum absolute atomic E-state index is 0.142. The lowest BCUT2D eigenvalue weighted by Crippen LogP contribution is -2.37. The van der Waals surface area contributed by atoms with Crippen LogP contribution in [0.15, 0.2) is 48.5 Å². The van der Waals surface area contributed by atoms with Crippen LogP contribution in [0.25, 0.3) is 0 Å². The standard InChI is InChI=1S/C16H21N3O4S.C14H19N3O3S.C4H6O3/c1-12(20)17-10-15-11-19(16(21)23-15)14-4-2-13(3-5-14)18-6-8-24(22)9-7-18;15-9-13-10-17(14(18)20-13)12-3-1-11(2-4-12)16-5-7-21(19)8-6-16;1-3(5)7-4(2)6/h2-5,15H,6-11H2,1H3,(H,17,20);1-4,13H,5-10,15H2;1-2H3/t15-;13-;/m00./s1. The van der Waals surface area contributed by atoms with E-state index in [1.165, 1.54) is 20.8 Å². The number of esters is 2. The fourth-order valence-electron chi connectivity index (χ4n) is 5.63. The maximum absolute atomic E-state index is 12.0. The van der Waals surface area contributed by atoms with E-state index < -0.39 is 39.6 Å². The zero-order valence-corrected chi connectivity index (χ0v) is 31.2. The molecule has 2 aromatic rings. The molecule has 0 aromatic heterocycles. The molecule has 0 aliphatic carbocycles. The topological polar surface area (TPSA) is 198 Å². The molecule has 0 spiro atoms. The number of benzene rings is 2. The highest BCUT2D eigenvalue weighted by Crippen LogP contribution is 2.27. The number of carbonyl (C=O) groups excluding carboxylic acids is 5. The first-order valence-corrected chi connectivity index (χ1v) is 19.8. The van der Waals surface area contributed by atoms with Gasteiger partial charge in [-0.3, -0.25) is 32.6 Å². The van der Waals surface area contributed by atoms with Gasteiger partial charge in [-0.25, -0.2) is 9.59 Å². The number of carbonyl (C=O) groups is 5. The number of ether oxygens (including phenoxy) is 3. The van der Waals surface area contributed by atoms with Gasteiger partial charge in [0.05, 0.1) is 19.6 Å². The number of hydrogen-bond acceptors (Lipinski definition) is 13. The quantitative estimate of drug-likeness (QED) is 0.233. The molecule has 52 heavy (non-hydrogen) atoms. The Morgan fingerprint density at radius 2 is 1.06 bits per heavy atom. The molecule has 4 aliphatic heterocycles. The average molecular weight is 763 g/mol. The Hall–Kier alpha value is -4.55. The Labute approximate surface area is 307 Å². The number of nitrogens with one attached hydrogen (secondary N) is 1. The van der Waals surface area contributed by atoms with Gasteiger partial charge >= 0.3 is 24.1 Å². The van der Waals surface area contributed by atoms with Gasteiger partial charge < -0.3 is 35.1 Å². The van der Waals surface area contributed by atoms with Gasteiger partial charge in [0.1, 0.15) is 12.2 Å². The molecule has 4 saturated heterocycles. The SMILES string of the molecule is CC(=O)NC[C@H]1CN(c2ccc(N3CCS(=O)CC3)cc2)C(=O)O1.CC(=O)OC(C)=O.NC[C@H]1CN(c2ccc(N3CCS(=O)CC3)cc2)C(=O)O1. The first-order valence-electron chi connectivity index (χ1n) is 16.8. The van der Waals surface area contributed by atoms with Crippen molar-refractivity contribution in [2.75, 3.05) is 95.0 Å². The summed E-state index contributed by atoms with van der Waals surface area (Å²) in [4.78, 5) is 61.9. The van der Waals surface area contributed by atoms with Crippen molar-refractivity contribution in [2.45, 2.75) is 33.0 Å². The molecule has 4 heterocycles. The molecule has 2 atom stereocenters. The van der Waals surface area contributed by atoms with E-state index in [2.05, 4.69) is 19.9 Å². The summed E-state index contributed by atoms with van der Waals surface area (Å²) in [5.74, 6) is 1.57. The van der Waals surface area contributed by atoms with Gasteiger partial charge in [-0.15, -0.1) is 0 Å². The summed E-state index contributed by atoms with van der Waals surface area (Å²) >= 11 is 0. The Balaban J connectivity index is 0.000000198. The molecular weight excluding hydrogens is 717 g/mol. The highest BCUT2D eigenvalue weighted by atomic mass is 32.2. The number of nitrogens with two attached hydrogens (primary N) is 1. The fourth-order valence-corrected chi connectivity index (χ4v) is 7.74. The monoisotopic (exact) mass is 762 g/mol. The van der Waals surface area contributed by atoms with Gasteiger partial charge in [0.25, 0.3) is 0 Å². The molecule has 4 fully saturated rings. The third-order valence-corrected chi connectivity index (χ3v) is 10.8. The summed E-state index contributed by atoms with van der Waals surface area (Å²) in [5.41, 5.74) is 9.29. The fraction of sp³-hybridized carbons (Fsp3) is 0.500. The van der Waals surface area contributed by atoms with E-state index in [9.17, 15) is 32.4 Å². The molecular formula is C34H46N6O10S2. The molecule has 6 rings (SSSR count). The van der Waals surface area contributed by atoms with Gasteiger partial charge in [-0.2, -0.15) is 0 Å². The molecule has 3 N–H and O–H groups in total. The Morgan fingerprint density at radius 1 is 0.692 bits per heavy atom. The van der Waals surface area contributed by atoms with E-state index in [1.54, 1.807) is 9.80 Å². The lowest BCUT2D eigenvalue weighted by atomic mass is 10.2. The van der Waals surface area contributed by atoms with Gasteiger partial charge in [-0.1, -0.05) is 0 Å². The van der Waals surface area contributed by atoms with Crippen LogP contribution < -0.4 is 30.7 Å². The van der Waals surface area contributed by atoms with Crippen molar-refractivity contribution in [3.63, 3.8) is 0 Å².